The van der Waals surface area contributed by atoms with Crippen molar-refractivity contribution in [3.63, 3.8) is 0 Å². The van der Waals surface area contributed by atoms with E-state index in [1.54, 1.807) is 6.20 Å². The molecule has 0 bridgehead atoms. The van der Waals surface area contributed by atoms with Gasteiger partial charge in [0.25, 0.3) is 0 Å². The largest absolute Gasteiger partial charge is 0.356 e. The molecular weight excluding hydrogens is 217 g/mol. The van der Waals surface area contributed by atoms with Crippen LogP contribution in [0, 0.1) is 5.92 Å². The van der Waals surface area contributed by atoms with Gasteiger partial charge in [-0.15, -0.1) is 0 Å². The molecule has 1 unspecified atom stereocenters. The molecule has 1 fully saturated rings. The summed E-state index contributed by atoms with van der Waals surface area (Å²) in [7, 11) is 0. The predicted octanol–water partition coefficient (Wildman–Crippen LogP) is 2.79. The Hall–Kier alpha value is -1.19. The van der Waals surface area contributed by atoms with Crippen LogP contribution in [0.1, 0.15) is 38.4 Å². The molecule has 0 aromatic carbocycles. The minimum Gasteiger partial charge on any atom is -0.356 e. The number of hydrogen-bond acceptors (Lipinski definition) is 3. The van der Waals surface area contributed by atoms with Crippen LogP contribution in [0.3, 0.4) is 0 Å². The second-order valence-corrected chi connectivity index (χ2v) is 5.04. The number of anilines is 1. The number of hydrogen-bond donors (Lipinski definition) is 0. The summed E-state index contributed by atoms with van der Waals surface area (Å²) in [6.45, 7) is 5.70. The molecule has 94 valence electrons. The Kier molecular flexibility index (Phi) is 3.92. The fraction of sp³-hybridized carbons (Fsp3) is 0.692. The van der Waals surface area contributed by atoms with E-state index in [0.717, 1.165) is 37.6 Å². The lowest BCUT2D eigenvalue weighted by Crippen LogP contribution is -2.36. The molecule has 0 N–H and O–H groups in total. The summed E-state index contributed by atoms with van der Waals surface area (Å²) in [4.78, 5) is 11.0. The van der Waals surface area contributed by atoms with Crippen molar-refractivity contribution in [1.82, 2.24) is 9.97 Å². The van der Waals surface area contributed by atoms with E-state index in [0.29, 0.717) is 5.92 Å². The Morgan fingerprint density at radius 3 is 3.06 bits per heavy atom. The highest BCUT2D eigenvalue weighted by Gasteiger charge is 2.21. The molecule has 0 aliphatic carbocycles. The Morgan fingerprint density at radius 1 is 1.53 bits per heavy atom. The summed E-state index contributed by atoms with van der Waals surface area (Å²) in [5.41, 5.74) is 0. The number of nitrogens with zero attached hydrogens (tertiary/aromatic N) is 3. The maximum absolute atomic E-state index is 12.7. The van der Waals surface area contributed by atoms with Crippen LogP contribution < -0.4 is 4.90 Å². The first-order valence-electron chi connectivity index (χ1n) is 6.34. The van der Waals surface area contributed by atoms with Crippen molar-refractivity contribution in [2.45, 2.75) is 32.6 Å². The summed E-state index contributed by atoms with van der Waals surface area (Å²) in [5.74, 6) is 2.31. The highest BCUT2D eigenvalue weighted by molar-refractivity contribution is 5.38. The van der Waals surface area contributed by atoms with Gasteiger partial charge in [-0.3, -0.25) is 4.39 Å². The average molecular weight is 237 g/mol. The molecule has 4 heteroatoms. The third-order valence-corrected chi connectivity index (χ3v) is 3.24. The molecule has 1 aromatic heterocycles. The van der Waals surface area contributed by atoms with Crippen molar-refractivity contribution in [1.29, 1.82) is 0 Å². The van der Waals surface area contributed by atoms with Gasteiger partial charge in [0.05, 0.1) is 6.67 Å². The van der Waals surface area contributed by atoms with Gasteiger partial charge in [0, 0.05) is 31.1 Å². The Bertz CT molecular complexity index is 367. The lowest BCUT2D eigenvalue weighted by atomic mass is 9.99. The SMILES string of the molecule is CC(C)c1nccc(N2CCCC(CF)C2)n1. The normalized spacial score (nSPS) is 20.9. The van der Waals surface area contributed by atoms with Crippen molar-refractivity contribution < 1.29 is 4.39 Å². The monoisotopic (exact) mass is 237 g/mol. The van der Waals surface area contributed by atoms with Gasteiger partial charge in [-0.25, -0.2) is 9.97 Å². The number of rotatable bonds is 3. The van der Waals surface area contributed by atoms with E-state index in [1.165, 1.54) is 0 Å². The van der Waals surface area contributed by atoms with Crippen LogP contribution in [0.2, 0.25) is 0 Å². The van der Waals surface area contributed by atoms with Crippen LogP contribution >= 0.6 is 0 Å². The van der Waals surface area contributed by atoms with E-state index in [2.05, 4.69) is 28.7 Å². The first-order chi connectivity index (χ1) is 8.20. The first-order valence-corrected chi connectivity index (χ1v) is 6.34. The number of alkyl halides is 1. The topological polar surface area (TPSA) is 29.0 Å². The number of piperidine rings is 1. The molecule has 0 spiro atoms. The van der Waals surface area contributed by atoms with Gasteiger partial charge >= 0.3 is 0 Å². The van der Waals surface area contributed by atoms with Crippen molar-refractivity contribution in [2.24, 2.45) is 5.92 Å². The van der Waals surface area contributed by atoms with E-state index in [1.807, 2.05) is 6.07 Å². The molecule has 1 aliphatic rings. The smallest absolute Gasteiger partial charge is 0.133 e. The van der Waals surface area contributed by atoms with Crippen LogP contribution in [-0.2, 0) is 0 Å². The summed E-state index contributed by atoms with van der Waals surface area (Å²) in [5, 5.41) is 0. The van der Waals surface area contributed by atoms with Gasteiger partial charge in [0.2, 0.25) is 0 Å². The van der Waals surface area contributed by atoms with Crippen molar-refractivity contribution in [2.75, 3.05) is 24.7 Å². The molecule has 2 heterocycles. The van der Waals surface area contributed by atoms with E-state index < -0.39 is 0 Å². The van der Waals surface area contributed by atoms with Gasteiger partial charge in [0.1, 0.15) is 11.6 Å². The van der Waals surface area contributed by atoms with Crippen LogP contribution in [0.15, 0.2) is 12.3 Å². The Labute approximate surface area is 102 Å². The zero-order valence-corrected chi connectivity index (χ0v) is 10.6. The molecule has 1 aliphatic heterocycles. The Balaban J connectivity index is 2.13. The van der Waals surface area contributed by atoms with E-state index in [9.17, 15) is 4.39 Å². The molecule has 1 saturated heterocycles. The third-order valence-electron chi connectivity index (χ3n) is 3.24. The predicted molar refractivity (Wildman–Crippen MR) is 67.0 cm³/mol. The molecule has 1 atom stereocenters. The molecule has 2 rings (SSSR count). The lowest BCUT2D eigenvalue weighted by molar-refractivity contribution is 0.315. The van der Waals surface area contributed by atoms with Crippen LogP contribution in [-0.4, -0.2) is 29.7 Å². The third kappa shape index (κ3) is 2.93. The maximum atomic E-state index is 12.7. The maximum Gasteiger partial charge on any atom is 0.133 e. The van der Waals surface area contributed by atoms with Crippen LogP contribution in [0.25, 0.3) is 0 Å². The van der Waals surface area contributed by atoms with Gasteiger partial charge in [0.15, 0.2) is 0 Å². The van der Waals surface area contributed by atoms with E-state index in [4.69, 9.17) is 0 Å². The minimum absolute atomic E-state index is 0.168. The second-order valence-electron chi connectivity index (χ2n) is 5.04. The molecular formula is C13H20FN3. The standard InChI is InChI=1S/C13H20FN3/c1-10(2)13-15-6-5-12(16-13)17-7-3-4-11(8-14)9-17/h5-6,10-11H,3-4,7-9H2,1-2H3. The van der Waals surface area contributed by atoms with E-state index in [-0.39, 0.29) is 12.6 Å². The minimum atomic E-state index is -0.224. The van der Waals surface area contributed by atoms with Gasteiger partial charge < -0.3 is 4.90 Å². The summed E-state index contributed by atoms with van der Waals surface area (Å²) < 4.78 is 12.7. The van der Waals surface area contributed by atoms with E-state index >= 15 is 0 Å². The molecule has 1 aromatic rings. The highest BCUT2D eigenvalue weighted by Crippen LogP contribution is 2.22. The summed E-state index contributed by atoms with van der Waals surface area (Å²) in [6.07, 6.45) is 3.85. The second kappa shape index (κ2) is 5.43. The summed E-state index contributed by atoms with van der Waals surface area (Å²) in [6, 6.07) is 1.92. The summed E-state index contributed by atoms with van der Waals surface area (Å²) >= 11 is 0. The quantitative estimate of drug-likeness (QED) is 0.809. The van der Waals surface area contributed by atoms with Crippen molar-refractivity contribution in [3.8, 4) is 0 Å². The van der Waals surface area contributed by atoms with Crippen LogP contribution in [0.5, 0.6) is 0 Å². The zero-order valence-electron chi connectivity index (χ0n) is 10.6. The molecule has 0 saturated carbocycles. The zero-order chi connectivity index (χ0) is 12.3. The van der Waals surface area contributed by atoms with Crippen molar-refractivity contribution >= 4 is 5.82 Å². The van der Waals surface area contributed by atoms with Gasteiger partial charge in [-0.1, -0.05) is 13.8 Å². The van der Waals surface area contributed by atoms with Crippen molar-refractivity contribution in [3.05, 3.63) is 18.1 Å². The number of halogens is 1. The molecule has 0 radical (unpaired) electrons. The number of aromatic nitrogens is 2. The van der Waals surface area contributed by atoms with Gasteiger partial charge in [-0.05, 0) is 18.9 Å². The highest BCUT2D eigenvalue weighted by atomic mass is 19.1. The average Bonchev–Trinajstić information content (AvgIpc) is 2.39. The molecule has 3 nitrogen and oxygen atoms in total. The molecule has 17 heavy (non-hydrogen) atoms. The van der Waals surface area contributed by atoms with Crippen LogP contribution in [0.4, 0.5) is 10.2 Å². The molecule has 0 amide bonds. The fourth-order valence-corrected chi connectivity index (χ4v) is 2.22. The van der Waals surface area contributed by atoms with Gasteiger partial charge in [-0.2, -0.15) is 0 Å². The fourth-order valence-electron chi connectivity index (χ4n) is 2.22. The first kappa shape index (κ1) is 12.3. The lowest BCUT2D eigenvalue weighted by Gasteiger charge is -2.32. The Morgan fingerprint density at radius 2 is 2.35 bits per heavy atom.